The number of aromatic hydroxyl groups is 1. The molecule has 2 atom stereocenters. The minimum absolute atomic E-state index is 0.0143. The van der Waals surface area contributed by atoms with Crippen LogP contribution in [0.15, 0.2) is 72.8 Å². The third kappa shape index (κ3) is 2.69. The Balaban J connectivity index is 1.39. The molecule has 0 saturated carbocycles. The molecule has 1 fully saturated rings. The van der Waals surface area contributed by atoms with Crippen molar-refractivity contribution in [1.29, 1.82) is 0 Å². The minimum atomic E-state index is -0.831. The van der Waals surface area contributed by atoms with Gasteiger partial charge in [-0.05, 0) is 34.4 Å². The molecule has 7 heteroatoms. The summed E-state index contributed by atoms with van der Waals surface area (Å²) in [5, 5.41) is 12.3. The van der Waals surface area contributed by atoms with Crippen LogP contribution in [-0.4, -0.2) is 34.3 Å². The lowest BCUT2D eigenvalue weighted by molar-refractivity contribution is -0.142. The quantitative estimate of drug-likeness (QED) is 0.422. The lowest BCUT2D eigenvalue weighted by Gasteiger charge is -2.51. The number of rotatable bonds is 3. The Morgan fingerprint density at radius 1 is 0.939 bits per heavy atom. The molecule has 3 aromatic rings. The molecule has 2 bridgehead atoms. The summed E-state index contributed by atoms with van der Waals surface area (Å²) in [5.74, 6) is -2.59. The number of halogens is 1. The van der Waals surface area contributed by atoms with Gasteiger partial charge in [0.1, 0.15) is 12.3 Å². The molecule has 3 amide bonds. The number of carbonyl (C=O) groups excluding carboxylic acids is 3. The van der Waals surface area contributed by atoms with E-state index in [9.17, 15) is 19.5 Å². The Labute approximate surface area is 198 Å². The van der Waals surface area contributed by atoms with Crippen LogP contribution in [0.25, 0.3) is 0 Å². The van der Waals surface area contributed by atoms with Gasteiger partial charge in [-0.15, -0.1) is 0 Å². The molecule has 1 heterocycles. The van der Waals surface area contributed by atoms with Crippen molar-refractivity contribution in [3.63, 3.8) is 0 Å². The van der Waals surface area contributed by atoms with E-state index in [4.69, 9.17) is 0 Å². The van der Waals surface area contributed by atoms with E-state index in [0.717, 1.165) is 27.2 Å². The average Bonchev–Trinajstić information content (AvgIpc) is 3.06. The van der Waals surface area contributed by atoms with Crippen molar-refractivity contribution in [3.8, 4) is 5.75 Å². The minimum Gasteiger partial charge on any atom is -0.508 e. The first-order chi connectivity index (χ1) is 15.9. The molecule has 164 valence electrons. The Kier molecular flexibility index (Phi) is 4.29. The topological polar surface area (TPSA) is 86.7 Å². The summed E-state index contributed by atoms with van der Waals surface area (Å²) in [7, 11) is 0. The summed E-state index contributed by atoms with van der Waals surface area (Å²) < 4.78 is -0.831. The third-order valence-electron chi connectivity index (χ3n) is 7.04. The number of hydrogen-bond acceptors (Lipinski definition) is 4. The second kappa shape index (κ2) is 7.02. The van der Waals surface area contributed by atoms with Crippen LogP contribution in [0.3, 0.4) is 0 Å². The maximum Gasteiger partial charge on any atom is 0.244 e. The summed E-state index contributed by atoms with van der Waals surface area (Å²) in [5.41, 5.74) is 4.49. The molecule has 3 aliphatic carbocycles. The maximum absolute atomic E-state index is 13.7. The standard InChI is InChI=1S/C26H19BrN2O4/c27-26-18-10-3-1-8-16(18)21(17-9-2-4-11-19(17)26)22-23(26)25(33)29(24(22)32)13-20(31)28-14-6-5-7-15(30)12-14/h1-12,21-23,30H,13H2,(H,28,31)/t21?,22-,23+,26?/m1/s1. The monoisotopic (exact) mass is 502 g/mol. The lowest BCUT2D eigenvalue weighted by atomic mass is 9.55. The van der Waals surface area contributed by atoms with E-state index in [1.807, 2.05) is 48.5 Å². The molecule has 0 unspecified atom stereocenters. The number of alkyl halides is 1. The van der Waals surface area contributed by atoms with Crippen molar-refractivity contribution < 1.29 is 19.5 Å². The fraction of sp³-hybridized carbons (Fsp3) is 0.192. The van der Waals surface area contributed by atoms with Crippen LogP contribution in [0, 0.1) is 11.8 Å². The summed E-state index contributed by atoms with van der Waals surface area (Å²) >= 11 is 3.93. The first kappa shape index (κ1) is 20.2. The molecular weight excluding hydrogens is 484 g/mol. The van der Waals surface area contributed by atoms with Crippen molar-refractivity contribution in [2.24, 2.45) is 11.8 Å². The number of nitrogens with zero attached hydrogens (tertiary/aromatic N) is 1. The van der Waals surface area contributed by atoms with Crippen molar-refractivity contribution in [2.75, 3.05) is 11.9 Å². The van der Waals surface area contributed by atoms with Crippen LogP contribution >= 0.6 is 15.9 Å². The zero-order valence-corrected chi connectivity index (χ0v) is 19.0. The van der Waals surface area contributed by atoms with E-state index < -0.39 is 22.1 Å². The lowest BCUT2D eigenvalue weighted by Crippen LogP contribution is -2.50. The van der Waals surface area contributed by atoms with Crippen LogP contribution in [0.1, 0.15) is 28.2 Å². The number of benzene rings is 3. The molecule has 1 aliphatic heterocycles. The van der Waals surface area contributed by atoms with Gasteiger partial charge in [0.2, 0.25) is 17.7 Å². The van der Waals surface area contributed by atoms with Gasteiger partial charge < -0.3 is 10.4 Å². The molecule has 0 spiro atoms. The van der Waals surface area contributed by atoms with E-state index in [1.54, 1.807) is 12.1 Å². The Morgan fingerprint density at radius 2 is 1.58 bits per heavy atom. The van der Waals surface area contributed by atoms with E-state index in [-0.39, 0.29) is 30.0 Å². The number of nitrogens with one attached hydrogen (secondary N) is 1. The molecular formula is C26H19BrN2O4. The summed E-state index contributed by atoms with van der Waals surface area (Å²) in [6.45, 7) is -0.372. The second-order valence-electron chi connectivity index (χ2n) is 8.73. The highest BCUT2D eigenvalue weighted by Gasteiger charge is 2.67. The van der Waals surface area contributed by atoms with Crippen LogP contribution in [0.5, 0.6) is 5.75 Å². The first-order valence-corrected chi connectivity index (χ1v) is 11.5. The molecule has 2 N–H and O–H groups in total. The number of likely N-dealkylation sites (tertiary alicyclic amines) is 1. The number of phenols is 1. The first-order valence-electron chi connectivity index (χ1n) is 10.7. The number of carbonyl (C=O) groups is 3. The van der Waals surface area contributed by atoms with Crippen molar-refractivity contribution in [1.82, 2.24) is 4.90 Å². The van der Waals surface area contributed by atoms with Crippen LogP contribution < -0.4 is 5.32 Å². The number of phenolic OH excluding ortho intramolecular Hbond substituents is 1. The van der Waals surface area contributed by atoms with Gasteiger partial charge in [0.15, 0.2) is 0 Å². The predicted molar refractivity (Wildman–Crippen MR) is 125 cm³/mol. The molecule has 33 heavy (non-hydrogen) atoms. The zero-order chi connectivity index (χ0) is 22.9. The molecule has 6 nitrogen and oxygen atoms in total. The maximum atomic E-state index is 13.7. The smallest absolute Gasteiger partial charge is 0.244 e. The Morgan fingerprint density at radius 3 is 2.21 bits per heavy atom. The SMILES string of the molecule is O=C(CN1C(=O)[C@@H]2C3c4ccccc4C(Br)(c4ccccc43)[C@@H]2C1=O)Nc1cccc(O)c1. The van der Waals surface area contributed by atoms with Gasteiger partial charge in [-0.1, -0.05) is 70.5 Å². The van der Waals surface area contributed by atoms with Crippen LogP contribution in [-0.2, 0) is 18.7 Å². The number of hydrogen-bond donors (Lipinski definition) is 2. The highest BCUT2D eigenvalue weighted by Crippen LogP contribution is 2.66. The van der Waals surface area contributed by atoms with Crippen LogP contribution in [0.4, 0.5) is 5.69 Å². The van der Waals surface area contributed by atoms with E-state index >= 15 is 0 Å². The second-order valence-corrected chi connectivity index (χ2v) is 9.98. The van der Waals surface area contributed by atoms with Crippen LogP contribution in [0.2, 0.25) is 0 Å². The largest absolute Gasteiger partial charge is 0.508 e. The fourth-order valence-electron chi connectivity index (χ4n) is 5.82. The molecule has 4 aliphatic rings. The van der Waals surface area contributed by atoms with E-state index in [0.29, 0.717) is 5.69 Å². The van der Waals surface area contributed by atoms with E-state index in [2.05, 4.69) is 21.2 Å². The number of anilines is 1. The normalized spacial score (nSPS) is 26.6. The van der Waals surface area contributed by atoms with Crippen molar-refractivity contribution in [2.45, 2.75) is 10.2 Å². The molecule has 1 saturated heterocycles. The molecule has 0 radical (unpaired) electrons. The van der Waals surface area contributed by atoms with Crippen molar-refractivity contribution >= 4 is 39.3 Å². The number of imide groups is 1. The highest BCUT2D eigenvalue weighted by molar-refractivity contribution is 9.09. The predicted octanol–water partition coefficient (Wildman–Crippen LogP) is 3.73. The number of amides is 3. The zero-order valence-electron chi connectivity index (χ0n) is 17.4. The van der Waals surface area contributed by atoms with Gasteiger partial charge in [-0.2, -0.15) is 0 Å². The van der Waals surface area contributed by atoms with Gasteiger partial charge >= 0.3 is 0 Å². The summed E-state index contributed by atoms with van der Waals surface area (Å²) in [6.07, 6.45) is 0. The summed E-state index contributed by atoms with van der Waals surface area (Å²) in [6, 6.07) is 22.0. The third-order valence-corrected chi connectivity index (χ3v) is 8.38. The Bertz CT molecular complexity index is 1310. The molecule has 7 rings (SSSR count). The van der Waals surface area contributed by atoms with Gasteiger partial charge in [0, 0.05) is 17.7 Å². The fourth-order valence-corrected chi connectivity index (χ4v) is 7.03. The Hall–Kier alpha value is -3.45. The van der Waals surface area contributed by atoms with Crippen molar-refractivity contribution in [3.05, 3.63) is 95.1 Å². The van der Waals surface area contributed by atoms with Gasteiger partial charge in [-0.25, -0.2) is 0 Å². The summed E-state index contributed by atoms with van der Waals surface area (Å²) in [4.78, 5) is 41.1. The van der Waals surface area contributed by atoms with E-state index in [1.165, 1.54) is 12.1 Å². The van der Waals surface area contributed by atoms with Gasteiger partial charge in [0.25, 0.3) is 0 Å². The van der Waals surface area contributed by atoms with Gasteiger partial charge in [0.05, 0.1) is 16.2 Å². The molecule has 0 aromatic heterocycles. The van der Waals surface area contributed by atoms with Gasteiger partial charge in [-0.3, -0.25) is 19.3 Å². The molecule has 3 aromatic carbocycles. The highest BCUT2D eigenvalue weighted by atomic mass is 79.9. The average molecular weight is 503 g/mol.